The Bertz CT molecular complexity index is 372. The summed E-state index contributed by atoms with van der Waals surface area (Å²) in [5.41, 5.74) is 12.9. The van der Waals surface area contributed by atoms with E-state index in [0.29, 0.717) is 10.3 Å². The molecule has 0 bridgehead atoms. The molecule has 0 spiro atoms. The quantitative estimate of drug-likeness (QED) is 0.244. The smallest absolute Gasteiger partial charge is 0.300 e. The first kappa shape index (κ1) is 24.3. The predicted octanol–water partition coefficient (Wildman–Crippen LogP) is -11.9. The summed E-state index contributed by atoms with van der Waals surface area (Å²) in [6.45, 7) is 0. The third-order valence-corrected chi connectivity index (χ3v) is 3.28. The van der Waals surface area contributed by atoms with E-state index in [1.54, 1.807) is 0 Å². The monoisotopic (exact) mass is 495 g/mol. The van der Waals surface area contributed by atoms with E-state index < -0.39 is 0 Å². The molecule has 0 unspecified atom stereocenters. The molecule has 0 radical (unpaired) electrons. The first-order valence-electron chi connectivity index (χ1n) is 4.59. The summed E-state index contributed by atoms with van der Waals surface area (Å²) in [5, 5.41) is 11.5. The lowest BCUT2D eigenvalue weighted by Crippen LogP contribution is -3.00. The summed E-state index contributed by atoms with van der Waals surface area (Å²) < 4.78 is 0. The number of amidine groups is 2. The molecule has 0 aliphatic rings. The van der Waals surface area contributed by atoms with Gasteiger partial charge in [0.1, 0.15) is 0 Å². The fraction of sp³-hybridized carbons (Fsp3) is 0.222. The molecule has 1 aromatic heterocycles. The molecule has 0 aliphatic heterocycles. The zero-order chi connectivity index (χ0) is 12.0. The maximum atomic E-state index is 5.38. The Morgan fingerprint density at radius 3 is 1.63 bits per heavy atom. The van der Waals surface area contributed by atoms with Crippen LogP contribution in [0, 0.1) is 0 Å². The lowest BCUT2D eigenvalue weighted by molar-refractivity contribution is -0.398. The first-order chi connectivity index (χ1) is 7.58. The van der Waals surface area contributed by atoms with Gasteiger partial charge in [-0.15, -0.1) is 0 Å². The van der Waals surface area contributed by atoms with Gasteiger partial charge in [0, 0.05) is 12.1 Å². The Kier molecular flexibility index (Phi) is 16.9. The minimum absolute atomic E-state index is 0. The van der Waals surface area contributed by atoms with Crippen molar-refractivity contribution >= 4 is 33.9 Å². The zero-order valence-electron chi connectivity index (χ0n) is 9.91. The third kappa shape index (κ3) is 11.7. The fourth-order valence-corrected chi connectivity index (χ4v) is 2.04. The molecule has 10 heteroatoms. The first-order valence-corrected chi connectivity index (χ1v) is 6.56. The highest BCUT2D eigenvalue weighted by atomic mass is 79.9. The van der Waals surface area contributed by atoms with Gasteiger partial charge < -0.3 is 50.9 Å². The van der Waals surface area contributed by atoms with E-state index in [0.717, 1.165) is 22.9 Å². The SMILES string of the molecule is NC(=[NH2+])SCc1cccc(CSC(N)=[NH2+])[nH+]1.[Br-].[Br-].[Br-]. The Hall–Kier alpha value is 0.230. The van der Waals surface area contributed by atoms with E-state index in [1.807, 2.05) is 18.2 Å². The minimum Gasteiger partial charge on any atom is -1.00 e. The summed E-state index contributed by atoms with van der Waals surface area (Å²) in [4.78, 5) is 3.26. The molecule has 0 saturated carbocycles. The van der Waals surface area contributed by atoms with Crippen molar-refractivity contribution in [1.82, 2.24) is 0 Å². The van der Waals surface area contributed by atoms with Crippen molar-refractivity contribution < 1.29 is 66.7 Å². The molecule has 1 aromatic rings. The highest BCUT2D eigenvalue weighted by Gasteiger charge is 2.09. The molecule has 0 aromatic carbocycles. The van der Waals surface area contributed by atoms with Gasteiger partial charge in [0.05, 0.1) is 11.5 Å². The molecule has 9 N–H and O–H groups in total. The molecule has 110 valence electrons. The summed E-state index contributed by atoms with van der Waals surface area (Å²) in [7, 11) is 0. The summed E-state index contributed by atoms with van der Waals surface area (Å²) in [6.07, 6.45) is 0. The minimum atomic E-state index is 0. The lowest BCUT2D eigenvalue weighted by Gasteiger charge is -1.95. The van der Waals surface area contributed by atoms with Gasteiger partial charge in [0.2, 0.25) is 0 Å². The molecule has 0 saturated heterocycles. The highest BCUT2D eigenvalue weighted by molar-refractivity contribution is 8.13. The van der Waals surface area contributed by atoms with Crippen molar-refractivity contribution in [3.63, 3.8) is 0 Å². The molecule has 1 heterocycles. The number of H-pyrrole nitrogens is 1. The summed E-state index contributed by atoms with van der Waals surface area (Å²) in [6, 6.07) is 5.95. The summed E-state index contributed by atoms with van der Waals surface area (Å²) in [5.74, 6) is 1.45. The largest absolute Gasteiger partial charge is 1.00 e. The van der Waals surface area contributed by atoms with Gasteiger partial charge in [-0.3, -0.25) is 22.3 Å². The second kappa shape index (κ2) is 13.2. The zero-order valence-corrected chi connectivity index (χ0v) is 16.3. The van der Waals surface area contributed by atoms with Crippen LogP contribution in [0.4, 0.5) is 0 Å². The van der Waals surface area contributed by atoms with Crippen molar-refractivity contribution in [2.45, 2.75) is 11.5 Å². The fourth-order valence-electron chi connectivity index (χ4n) is 1.06. The molecule has 0 amide bonds. The number of hydrogen-bond acceptors (Lipinski definition) is 2. The van der Waals surface area contributed by atoms with Gasteiger partial charge in [-0.1, -0.05) is 0 Å². The van der Waals surface area contributed by atoms with Gasteiger partial charge in [-0.2, -0.15) is 0 Å². The standard InChI is InChI=1S/C9H13N5S2.3BrH/c10-8(11)15-4-6-2-1-3-7(14-6)5-16-9(12)13;;;/h1-3H,4-5H2,(H3,10,11)(H3,12,13);3*1H. The Morgan fingerprint density at radius 1 is 0.947 bits per heavy atom. The van der Waals surface area contributed by atoms with Crippen LogP contribution in [-0.2, 0) is 11.5 Å². The highest BCUT2D eigenvalue weighted by Crippen LogP contribution is 2.09. The van der Waals surface area contributed by atoms with Crippen molar-refractivity contribution in [2.75, 3.05) is 0 Å². The maximum Gasteiger partial charge on any atom is 0.300 e. The van der Waals surface area contributed by atoms with Crippen LogP contribution in [0.5, 0.6) is 0 Å². The van der Waals surface area contributed by atoms with E-state index >= 15 is 0 Å². The van der Waals surface area contributed by atoms with Crippen LogP contribution in [-0.4, -0.2) is 10.3 Å². The normalized spacial score (nSPS) is 8.42. The van der Waals surface area contributed by atoms with Crippen LogP contribution in [0.25, 0.3) is 0 Å². The predicted molar refractivity (Wildman–Crippen MR) is 67.8 cm³/mol. The average Bonchev–Trinajstić information content (AvgIpc) is 2.24. The van der Waals surface area contributed by atoms with E-state index in [4.69, 9.17) is 22.3 Å². The molecule has 0 atom stereocenters. The van der Waals surface area contributed by atoms with E-state index in [1.165, 1.54) is 23.5 Å². The number of aromatic nitrogens is 1. The van der Waals surface area contributed by atoms with E-state index in [2.05, 4.69) is 4.98 Å². The Labute approximate surface area is 152 Å². The number of nitrogens with two attached hydrogens (primary N) is 4. The number of pyridine rings is 1. The second-order valence-electron chi connectivity index (χ2n) is 3.08. The molecule has 19 heavy (non-hydrogen) atoms. The Morgan fingerprint density at radius 2 is 1.32 bits per heavy atom. The van der Waals surface area contributed by atoms with Crippen LogP contribution in [0.3, 0.4) is 0 Å². The topological polar surface area (TPSA) is 117 Å². The van der Waals surface area contributed by atoms with Crippen molar-refractivity contribution in [2.24, 2.45) is 11.5 Å². The molecule has 1 rings (SSSR count). The van der Waals surface area contributed by atoms with Crippen molar-refractivity contribution in [3.8, 4) is 0 Å². The maximum absolute atomic E-state index is 5.38. The van der Waals surface area contributed by atoms with Crippen LogP contribution in [0.2, 0.25) is 0 Å². The van der Waals surface area contributed by atoms with Crippen LogP contribution >= 0.6 is 23.5 Å². The van der Waals surface area contributed by atoms with Crippen LogP contribution < -0.4 is 78.2 Å². The van der Waals surface area contributed by atoms with Crippen molar-refractivity contribution in [1.29, 1.82) is 0 Å². The molecule has 0 fully saturated rings. The second-order valence-corrected chi connectivity index (χ2v) is 5.18. The van der Waals surface area contributed by atoms with Gasteiger partial charge in [-0.25, -0.2) is 4.98 Å². The average molecular weight is 498 g/mol. The number of aromatic amines is 1. The molecule has 0 aliphatic carbocycles. The Balaban J connectivity index is -0.000000853. The van der Waals surface area contributed by atoms with Crippen molar-refractivity contribution in [3.05, 3.63) is 29.6 Å². The number of rotatable bonds is 4. The molecular formula is C9H16Br3N5S2. The van der Waals surface area contributed by atoms with Crippen LogP contribution in [0.1, 0.15) is 11.4 Å². The van der Waals surface area contributed by atoms with Gasteiger partial charge >= 0.3 is 0 Å². The molecule has 5 nitrogen and oxygen atoms in total. The van der Waals surface area contributed by atoms with E-state index in [9.17, 15) is 0 Å². The molecular weight excluding hydrogens is 482 g/mol. The van der Waals surface area contributed by atoms with Crippen LogP contribution in [0.15, 0.2) is 18.2 Å². The lowest BCUT2D eigenvalue weighted by atomic mass is 10.3. The third-order valence-electron chi connectivity index (χ3n) is 1.70. The number of halogens is 3. The number of nitrogens with one attached hydrogen (secondary N) is 1. The van der Waals surface area contributed by atoms with Gasteiger partial charge in [-0.05, 0) is 29.6 Å². The van der Waals surface area contributed by atoms with E-state index in [-0.39, 0.29) is 50.9 Å². The number of thioether (sulfide) groups is 2. The van der Waals surface area contributed by atoms with Gasteiger partial charge in [0.25, 0.3) is 10.3 Å². The summed E-state index contributed by atoms with van der Waals surface area (Å²) >= 11 is 2.79. The number of hydrogen-bond donors (Lipinski definition) is 4. The van der Waals surface area contributed by atoms with Gasteiger partial charge in [0.15, 0.2) is 11.4 Å².